The van der Waals surface area contributed by atoms with E-state index in [4.69, 9.17) is 0 Å². The van der Waals surface area contributed by atoms with Crippen molar-refractivity contribution in [2.24, 2.45) is 7.05 Å². The molecule has 0 bridgehead atoms. The zero-order chi connectivity index (χ0) is 10.8. The predicted octanol–water partition coefficient (Wildman–Crippen LogP) is 1.04. The summed E-state index contributed by atoms with van der Waals surface area (Å²) in [6.45, 7) is 0. The molecule has 2 aromatic rings. The number of hydrogen-bond acceptors (Lipinski definition) is 3. The fourth-order valence-corrected chi connectivity index (χ4v) is 1.39. The summed E-state index contributed by atoms with van der Waals surface area (Å²) < 4.78 is 14.8. The molecule has 2 heterocycles. The molecule has 0 aliphatic heterocycles. The smallest absolute Gasteiger partial charge is 0.147 e. The number of aliphatic hydroxyl groups is 1. The molecule has 0 saturated carbocycles. The molecule has 0 aliphatic rings. The van der Waals surface area contributed by atoms with Gasteiger partial charge in [0.2, 0.25) is 0 Å². The van der Waals surface area contributed by atoms with Crippen LogP contribution in [0.5, 0.6) is 0 Å². The molecule has 1 atom stereocenters. The summed E-state index contributed by atoms with van der Waals surface area (Å²) in [6.07, 6.45) is 1.90. The van der Waals surface area contributed by atoms with Gasteiger partial charge in [-0.15, -0.1) is 0 Å². The number of aliphatic hydroxyl groups excluding tert-OH is 1. The summed E-state index contributed by atoms with van der Waals surface area (Å²) in [4.78, 5) is 3.81. The fraction of sp³-hybridized carbons (Fsp3) is 0.200. The van der Waals surface area contributed by atoms with Gasteiger partial charge < -0.3 is 5.11 Å². The van der Waals surface area contributed by atoms with Gasteiger partial charge >= 0.3 is 0 Å². The van der Waals surface area contributed by atoms with E-state index in [2.05, 4.69) is 10.1 Å². The van der Waals surface area contributed by atoms with Gasteiger partial charge in [-0.2, -0.15) is 5.10 Å². The lowest BCUT2D eigenvalue weighted by atomic mass is 10.1. The number of halogens is 1. The molecular formula is C10H10FN3O. The number of rotatable bonds is 2. The zero-order valence-electron chi connectivity index (χ0n) is 8.13. The first-order valence-electron chi connectivity index (χ1n) is 4.46. The van der Waals surface area contributed by atoms with Crippen LogP contribution < -0.4 is 0 Å². The maximum atomic E-state index is 13.3. The molecule has 0 spiro atoms. The van der Waals surface area contributed by atoms with Crippen LogP contribution >= 0.6 is 0 Å². The highest BCUT2D eigenvalue weighted by molar-refractivity contribution is 5.20. The van der Waals surface area contributed by atoms with Crippen molar-refractivity contribution in [3.05, 3.63) is 47.8 Å². The third kappa shape index (κ3) is 1.73. The number of pyridine rings is 1. The van der Waals surface area contributed by atoms with E-state index >= 15 is 0 Å². The third-order valence-electron chi connectivity index (χ3n) is 2.18. The normalized spacial score (nSPS) is 12.7. The minimum absolute atomic E-state index is 0.0149. The van der Waals surface area contributed by atoms with Crippen molar-refractivity contribution in [3.63, 3.8) is 0 Å². The van der Waals surface area contributed by atoms with Crippen LogP contribution in [0, 0.1) is 5.82 Å². The summed E-state index contributed by atoms with van der Waals surface area (Å²) in [5.41, 5.74) is 0.522. The molecular weight excluding hydrogens is 197 g/mol. The first-order valence-corrected chi connectivity index (χ1v) is 4.46. The van der Waals surface area contributed by atoms with Crippen molar-refractivity contribution in [1.82, 2.24) is 14.8 Å². The Morgan fingerprint density at radius 2 is 2.20 bits per heavy atom. The van der Waals surface area contributed by atoms with Gasteiger partial charge in [-0.25, -0.2) is 4.39 Å². The van der Waals surface area contributed by atoms with Crippen LogP contribution in [0.3, 0.4) is 0 Å². The standard InChI is InChI=1S/C10H10FN3O/c1-14-8(4-6-13-14)10(15)9-7(11)3-2-5-12-9/h2-6,10,15H,1H3. The molecule has 2 aromatic heterocycles. The van der Waals surface area contributed by atoms with E-state index < -0.39 is 11.9 Å². The predicted molar refractivity (Wildman–Crippen MR) is 51.5 cm³/mol. The quantitative estimate of drug-likeness (QED) is 0.800. The van der Waals surface area contributed by atoms with Crippen LogP contribution in [-0.4, -0.2) is 19.9 Å². The molecule has 0 amide bonds. The van der Waals surface area contributed by atoms with Gasteiger partial charge in [0.15, 0.2) is 0 Å². The van der Waals surface area contributed by atoms with Crippen LogP contribution in [-0.2, 0) is 7.05 Å². The first-order chi connectivity index (χ1) is 7.20. The first kappa shape index (κ1) is 9.79. The molecule has 1 unspecified atom stereocenters. The molecule has 15 heavy (non-hydrogen) atoms. The van der Waals surface area contributed by atoms with E-state index in [9.17, 15) is 9.50 Å². The second-order valence-corrected chi connectivity index (χ2v) is 3.15. The lowest BCUT2D eigenvalue weighted by Gasteiger charge is -2.10. The van der Waals surface area contributed by atoms with Gasteiger partial charge in [-0.3, -0.25) is 9.67 Å². The molecule has 0 radical (unpaired) electrons. The summed E-state index contributed by atoms with van der Waals surface area (Å²) in [7, 11) is 1.68. The molecule has 4 nitrogen and oxygen atoms in total. The molecule has 0 fully saturated rings. The highest BCUT2D eigenvalue weighted by atomic mass is 19.1. The van der Waals surface area contributed by atoms with E-state index in [0.717, 1.165) is 0 Å². The van der Waals surface area contributed by atoms with Crippen molar-refractivity contribution in [1.29, 1.82) is 0 Å². The van der Waals surface area contributed by atoms with Gasteiger partial charge in [-0.05, 0) is 18.2 Å². The monoisotopic (exact) mass is 207 g/mol. The largest absolute Gasteiger partial charge is 0.380 e. The lowest BCUT2D eigenvalue weighted by Crippen LogP contribution is -2.09. The van der Waals surface area contributed by atoms with Crippen LogP contribution in [0.15, 0.2) is 30.6 Å². The summed E-state index contributed by atoms with van der Waals surface area (Å²) in [6, 6.07) is 4.37. The summed E-state index contributed by atoms with van der Waals surface area (Å²) >= 11 is 0. The number of aromatic nitrogens is 3. The highest BCUT2D eigenvalue weighted by Crippen LogP contribution is 2.20. The summed E-state index contributed by atoms with van der Waals surface area (Å²) in [5, 5.41) is 13.8. The maximum absolute atomic E-state index is 13.3. The Kier molecular flexibility index (Phi) is 2.47. The molecule has 1 N–H and O–H groups in total. The zero-order valence-corrected chi connectivity index (χ0v) is 8.13. The third-order valence-corrected chi connectivity index (χ3v) is 2.18. The van der Waals surface area contributed by atoms with Crippen molar-refractivity contribution in [2.45, 2.75) is 6.10 Å². The van der Waals surface area contributed by atoms with Crippen LogP contribution in [0.1, 0.15) is 17.5 Å². The van der Waals surface area contributed by atoms with Crippen molar-refractivity contribution in [3.8, 4) is 0 Å². The molecule has 0 aliphatic carbocycles. The Bertz CT molecular complexity index is 469. The minimum Gasteiger partial charge on any atom is -0.380 e. The topological polar surface area (TPSA) is 50.9 Å². The minimum atomic E-state index is -1.08. The Balaban J connectivity index is 2.41. The highest BCUT2D eigenvalue weighted by Gasteiger charge is 2.18. The number of hydrogen-bond donors (Lipinski definition) is 1. The Morgan fingerprint density at radius 1 is 1.40 bits per heavy atom. The van der Waals surface area contributed by atoms with Crippen LogP contribution in [0.2, 0.25) is 0 Å². The number of aryl methyl sites for hydroxylation is 1. The average molecular weight is 207 g/mol. The average Bonchev–Trinajstić information content (AvgIpc) is 2.64. The maximum Gasteiger partial charge on any atom is 0.147 e. The molecule has 5 heteroatoms. The van der Waals surface area contributed by atoms with Crippen LogP contribution in [0.25, 0.3) is 0 Å². The van der Waals surface area contributed by atoms with Crippen molar-refractivity contribution < 1.29 is 9.50 Å². The van der Waals surface area contributed by atoms with E-state index in [0.29, 0.717) is 5.69 Å². The van der Waals surface area contributed by atoms with Gasteiger partial charge in [0.25, 0.3) is 0 Å². The van der Waals surface area contributed by atoms with Crippen LogP contribution in [0.4, 0.5) is 4.39 Å². The second kappa shape index (κ2) is 3.78. The van der Waals surface area contributed by atoms with E-state index in [1.54, 1.807) is 19.3 Å². The molecule has 2 rings (SSSR count). The van der Waals surface area contributed by atoms with Gasteiger partial charge in [0.05, 0.1) is 5.69 Å². The van der Waals surface area contributed by atoms with E-state index in [1.165, 1.54) is 23.0 Å². The fourth-order valence-electron chi connectivity index (χ4n) is 1.39. The molecule has 0 aromatic carbocycles. The lowest BCUT2D eigenvalue weighted by molar-refractivity contribution is 0.199. The van der Waals surface area contributed by atoms with E-state index in [1.807, 2.05) is 0 Å². The summed E-state index contributed by atoms with van der Waals surface area (Å²) in [5.74, 6) is -0.522. The Morgan fingerprint density at radius 3 is 2.80 bits per heavy atom. The molecule has 0 saturated heterocycles. The van der Waals surface area contributed by atoms with Gasteiger partial charge in [0.1, 0.15) is 17.6 Å². The molecule has 78 valence electrons. The Hall–Kier alpha value is -1.75. The number of nitrogens with zero attached hydrogens (tertiary/aromatic N) is 3. The second-order valence-electron chi connectivity index (χ2n) is 3.15. The van der Waals surface area contributed by atoms with E-state index in [-0.39, 0.29) is 5.69 Å². The van der Waals surface area contributed by atoms with Gasteiger partial charge in [0, 0.05) is 19.4 Å². The SMILES string of the molecule is Cn1nccc1C(O)c1ncccc1F. The Labute approximate surface area is 86.0 Å². The van der Waals surface area contributed by atoms with Gasteiger partial charge in [-0.1, -0.05) is 0 Å². The van der Waals surface area contributed by atoms with Crippen molar-refractivity contribution >= 4 is 0 Å². The van der Waals surface area contributed by atoms with Crippen molar-refractivity contribution in [2.75, 3.05) is 0 Å².